The van der Waals surface area contributed by atoms with Crippen molar-refractivity contribution in [1.82, 2.24) is 19.4 Å². The molecule has 8 rings (SSSR count). The number of aliphatic hydroxyl groups is 1. The smallest absolute Gasteiger partial charge is 0.443 e. The van der Waals surface area contributed by atoms with Crippen LogP contribution >= 0.6 is 0 Å². The third kappa shape index (κ3) is 8.66. The van der Waals surface area contributed by atoms with Crippen LogP contribution in [0.2, 0.25) is 0 Å². The van der Waals surface area contributed by atoms with Crippen LogP contribution in [0.4, 0.5) is 9.59 Å². The predicted octanol–water partition coefficient (Wildman–Crippen LogP) is 5.12. The number of aliphatic hydroxyl groups excluding tert-OH is 1. The van der Waals surface area contributed by atoms with Gasteiger partial charge < -0.3 is 29.0 Å². The highest BCUT2D eigenvalue weighted by Crippen LogP contribution is 2.64. The number of carbonyl (C=O) groups is 2. The number of benzene rings is 1. The largest absolute Gasteiger partial charge is 0.508 e. The van der Waals surface area contributed by atoms with E-state index in [1.165, 1.54) is 30.0 Å². The number of aromatic nitrogens is 2. The van der Waals surface area contributed by atoms with E-state index in [1.54, 1.807) is 6.92 Å². The molecular formula is C42H56N4O9. The van der Waals surface area contributed by atoms with Crippen molar-refractivity contribution in [3.8, 4) is 12.3 Å². The normalized spacial score (nSPS) is 30.0. The molecule has 1 aromatic heterocycles. The zero-order valence-electron chi connectivity index (χ0n) is 32.4. The molecule has 2 aromatic rings. The molecule has 13 heteroatoms. The van der Waals surface area contributed by atoms with Gasteiger partial charge in [-0.1, -0.05) is 18.1 Å². The van der Waals surface area contributed by atoms with Gasteiger partial charge in [-0.2, -0.15) is 0 Å². The molecule has 6 aliphatic rings. The molecule has 4 saturated carbocycles. The van der Waals surface area contributed by atoms with Crippen molar-refractivity contribution in [2.24, 2.45) is 23.2 Å². The third-order valence-corrected chi connectivity index (χ3v) is 13.2. The number of amides is 1. The fourth-order valence-corrected chi connectivity index (χ4v) is 10.4. The molecule has 13 nitrogen and oxygen atoms in total. The number of hydrogen-bond acceptors (Lipinski definition) is 10. The van der Waals surface area contributed by atoms with E-state index in [2.05, 4.69) is 29.7 Å². The summed E-state index contributed by atoms with van der Waals surface area (Å²) in [6.07, 6.45) is 13.4. The van der Waals surface area contributed by atoms with Crippen molar-refractivity contribution in [1.29, 1.82) is 0 Å². The molecule has 4 bridgehead atoms. The summed E-state index contributed by atoms with van der Waals surface area (Å²) in [4.78, 5) is 57.2. The van der Waals surface area contributed by atoms with Crippen LogP contribution in [0.5, 0.6) is 0 Å². The van der Waals surface area contributed by atoms with Crippen molar-refractivity contribution >= 4 is 12.2 Å². The number of aromatic amines is 1. The lowest BCUT2D eigenvalue weighted by molar-refractivity contribution is -0.168. The SMILES string of the molecule is C#Cc1ccc(CN(CCOC(=O)OC[C@H]2O[C@@H](n3cc(C)c(=O)[nH]c3=O)C[C@@H]2O)CC2CCCCN2C(=O)OC(C)(C)C23CC4CC(CC(C4)C2)C3)cc1. The van der Waals surface area contributed by atoms with Crippen molar-refractivity contribution in [2.45, 2.75) is 122 Å². The van der Waals surface area contributed by atoms with Crippen LogP contribution in [0.1, 0.15) is 101 Å². The average molecular weight is 761 g/mol. The lowest BCUT2D eigenvalue weighted by atomic mass is 9.46. The minimum atomic E-state index is -1.00. The van der Waals surface area contributed by atoms with Crippen LogP contribution in [0.3, 0.4) is 0 Å². The first-order chi connectivity index (χ1) is 26.3. The van der Waals surface area contributed by atoms with Gasteiger partial charge in [-0.25, -0.2) is 14.4 Å². The number of likely N-dealkylation sites (tertiary alicyclic amines) is 1. The highest BCUT2D eigenvalue weighted by Gasteiger charge is 2.59. The van der Waals surface area contributed by atoms with Gasteiger partial charge in [0.05, 0.1) is 6.10 Å². The number of nitrogens with one attached hydrogen (secondary N) is 1. The van der Waals surface area contributed by atoms with Gasteiger partial charge in [0.25, 0.3) is 5.56 Å². The maximum Gasteiger partial charge on any atom is 0.508 e. The quantitative estimate of drug-likeness (QED) is 0.221. The molecule has 1 aromatic carbocycles. The summed E-state index contributed by atoms with van der Waals surface area (Å²) in [5, 5.41) is 10.6. The Kier molecular flexibility index (Phi) is 11.5. The molecule has 4 aliphatic carbocycles. The zero-order valence-corrected chi connectivity index (χ0v) is 32.4. The van der Waals surface area contributed by atoms with Crippen molar-refractivity contribution < 1.29 is 33.6 Å². The average Bonchev–Trinajstić information content (AvgIpc) is 3.51. The Balaban J connectivity index is 0.954. The number of rotatable bonds is 12. The van der Waals surface area contributed by atoms with Crippen LogP contribution < -0.4 is 11.2 Å². The highest BCUT2D eigenvalue weighted by molar-refractivity contribution is 5.69. The molecule has 55 heavy (non-hydrogen) atoms. The van der Waals surface area contributed by atoms with Gasteiger partial charge >= 0.3 is 17.9 Å². The predicted molar refractivity (Wildman–Crippen MR) is 203 cm³/mol. The standard InChI is InChI=1S/C42H56N4O9/c1-5-28-9-11-29(12-10-28)24-44(14-15-52-40(51)53-26-35-34(47)19-36(54-35)46-23-27(2)37(48)43-38(46)49)25-33-8-6-7-13-45(33)39(50)55-41(3,4)42-20-30-16-31(21-42)18-32(17-30)22-42/h1,9-12,23,30-36,47H,6-8,13-22,24-26H2,2-4H3,(H,43,48,49)/t30?,31?,32?,33?,34-,35+,36+,42?/m0/s1. The topological polar surface area (TPSA) is 153 Å². The summed E-state index contributed by atoms with van der Waals surface area (Å²) in [7, 11) is 0. The molecule has 2 saturated heterocycles. The van der Waals surface area contributed by atoms with Crippen LogP contribution in [-0.2, 0) is 25.5 Å². The van der Waals surface area contributed by atoms with Gasteiger partial charge in [0.15, 0.2) is 0 Å². The second kappa shape index (κ2) is 16.2. The second-order valence-electron chi connectivity index (χ2n) is 17.3. The molecular weight excluding hydrogens is 704 g/mol. The lowest BCUT2D eigenvalue weighted by Crippen LogP contribution is -2.59. The summed E-state index contributed by atoms with van der Waals surface area (Å²) in [5.41, 5.74) is 0.506. The number of ether oxygens (including phenoxy) is 4. The van der Waals surface area contributed by atoms with E-state index in [4.69, 9.17) is 25.4 Å². The Bertz CT molecular complexity index is 1830. The van der Waals surface area contributed by atoms with E-state index in [-0.39, 0.29) is 37.2 Å². The minimum Gasteiger partial charge on any atom is -0.443 e. The first kappa shape index (κ1) is 39.1. The van der Waals surface area contributed by atoms with Crippen LogP contribution in [-0.4, -0.2) is 93.4 Å². The number of carbonyl (C=O) groups excluding carboxylic acids is 2. The number of hydrogen-bond donors (Lipinski definition) is 2. The van der Waals surface area contributed by atoms with Crippen LogP contribution in [0.25, 0.3) is 0 Å². The van der Waals surface area contributed by atoms with E-state index in [0.717, 1.165) is 67.4 Å². The first-order valence-electron chi connectivity index (χ1n) is 20.0. The Morgan fingerprint density at radius 3 is 2.42 bits per heavy atom. The fourth-order valence-electron chi connectivity index (χ4n) is 10.4. The Morgan fingerprint density at radius 1 is 1.05 bits per heavy atom. The van der Waals surface area contributed by atoms with Gasteiger partial charge in [-0.3, -0.25) is 19.2 Å². The van der Waals surface area contributed by atoms with Crippen LogP contribution in [0.15, 0.2) is 40.1 Å². The first-order valence-corrected chi connectivity index (χ1v) is 20.0. The third-order valence-electron chi connectivity index (χ3n) is 13.2. The number of nitrogens with zero attached hydrogens (tertiary/aromatic N) is 3. The van der Waals surface area contributed by atoms with Gasteiger partial charge in [-0.05, 0) is 114 Å². The van der Waals surface area contributed by atoms with Gasteiger partial charge in [-0.15, -0.1) is 6.42 Å². The van der Waals surface area contributed by atoms with Crippen LogP contribution in [0, 0.1) is 42.4 Å². The molecule has 1 unspecified atom stereocenters. The van der Waals surface area contributed by atoms with Gasteiger partial charge in [0, 0.05) is 61.4 Å². The lowest BCUT2D eigenvalue weighted by Gasteiger charge is -2.61. The van der Waals surface area contributed by atoms with E-state index in [9.17, 15) is 24.3 Å². The maximum absolute atomic E-state index is 14.1. The number of aryl methyl sites for hydroxylation is 1. The van der Waals surface area contributed by atoms with Gasteiger partial charge in [0.2, 0.25) is 0 Å². The maximum atomic E-state index is 14.1. The zero-order chi connectivity index (χ0) is 38.9. The highest BCUT2D eigenvalue weighted by atomic mass is 16.7. The molecule has 0 spiro atoms. The summed E-state index contributed by atoms with van der Waals surface area (Å²) >= 11 is 0. The van der Waals surface area contributed by atoms with E-state index >= 15 is 0 Å². The van der Waals surface area contributed by atoms with E-state index in [1.807, 2.05) is 29.2 Å². The van der Waals surface area contributed by atoms with Crippen molar-refractivity contribution in [3.05, 3.63) is 68.0 Å². The Labute approximate surface area is 322 Å². The summed E-state index contributed by atoms with van der Waals surface area (Å²) in [6, 6.07) is 7.70. The van der Waals surface area contributed by atoms with Crippen molar-refractivity contribution in [2.75, 3.05) is 32.8 Å². The Hall–Kier alpha value is -4.12. The molecule has 3 heterocycles. The molecule has 2 N–H and O–H groups in total. The molecule has 1 amide bonds. The molecule has 6 fully saturated rings. The number of H-pyrrole nitrogens is 1. The van der Waals surface area contributed by atoms with E-state index in [0.29, 0.717) is 31.7 Å². The second-order valence-corrected chi connectivity index (χ2v) is 17.3. The Morgan fingerprint density at radius 2 is 1.75 bits per heavy atom. The minimum absolute atomic E-state index is 0.0280. The molecule has 4 atom stereocenters. The van der Waals surface area contributed by atoms with E-state index < -0.39 is 41.4 Å². The summed E-state index contributed by atoms with van der Waals surface area (Å²) in [5.74, 6) is 4.93. The fraction of sp³-hybridized carbons (Fsp3) is 0.667. The summed E-state index contributed by atoms with van der Waals surface area (Å²) in [6.45, 7) is 7.74. The summed E-state index contributed by atoms with van der Waals surface area (Å²) < 4.78 is 24.4. The molecule has 0 radical (unpaired) electrons. The van der Waals surface area contributed by atoms with Crippen molar-refractivity contribution in [3.63, 3.8) is 0 Å². The number of terminal acetylenes is 1. The van der Waals surface area contributed by atoms with Gasteiger partial charge in [0.1, 0.15) is 31.1 Å². The number of piperidine rings is 1. The monoisotopic (exact) mass is 760 g/mol. The molecule has 298 valence electrons. The molecule has 2 aliphatic heterocycles.